The van der Waals surface area contributed by atoms with E-state index in [9.17, 15) is 0 Å². The number of hydrogen-bond donors (Lipinski definition) is 1. The Labute approximate surface area is 107 Å². The summed E-state index contributed by atoms with van der Waals surface area (Å²) in [6.45, 7) is 4.63. The average molecular weight is 246 g/mol. The second kappa shape index (κ2) is 5.23. The molecule has 4 nitrogen and oxygen atoms in total. The fraction of sp³-hybridized carbons (Fsp3) is 0.357. The highest BCUT2D eigenvalue weighted by Gasteiger charge is 2.14. The molecule has 0 unspecified atom stereocenters. The SMILES string of the molecule is COc1c(C)cc(C)cc1-c1cc(CCN)no1. The Morgan fingerprint density at radius 1 is 1.28 bits per heavy atom. The molecule has 1 heterocycles. The fourth-order valence-electron chi connectivity index (χ4n) is 2.11. The van der Waals surface area contributed by atoms with Crippen LogP contribution in [0.3, 0.4) is 0 Å². The van der Waals surface area contributed by atoms with E-state index in [1.54, 1.807) is 7.11 Å². The van der Waals surface area contributed by atoms with E-state index in [1.807, 2.05) is 26.0 Å². The van der Waals surface area contributed by atoms with Crippen molar-refractivity contribution in [2.24, 2.45) is 5.73 Å². The normalized spacial score (nSPS) is 10.7. The Hall–Kier alpha value is -1.81. The molecule has 4 heteroatoms. The molecule has 0 radical (unpaired) electrons. The van der Waals surface area contributed by atoms with Crippen LogP contribution in [0.2, 0.25) is 0 Å². The summed E-state index contributed by atoms with van der Waals surface area (Å²) in [5, 5.41) is 4.01. The maximum atomic E-state index is 5.51. The first-order valence-electron chi connectivity index (χ1n) is 5.97. The monoisotopic (exact) mass is 246 g/mol. The number of methoxy groups -OCH3 is 1. The summed E-state index contributed by atoms with van der Waals surface area (Å²) in [6.07, 6.45) is 0.719. The van der Waals surface area contributed by atoms with Crippen molar-refractivity contribution in [3.8, 4) is 17.1 Å². The Balaban J connectivity index is 2.48. The van der Waals surface area contributed by atoms with Gasteiger partial charge in [0.05, 0.1) is 18.4 Å². The number of hydrogen-bond acceptors (Lipinski definition) is 4. The molecule has 0 fully saturated rings. The van der Waals surface area contributed by atoms with Gasteiger partial charge in [-0.15, -0.1) is 0 Å². The minimum absolute atomic E-state index is 0.565. The number of nitrogens with two attached hydrogens (primary N) is 1. The zero-order chi connectivity index (χ0) is 13.1. The molecular formula is C14H18N2O2. The van der Waals surface area contributed by atoms with E-state index in [-0.39, 0.29) is 0 Å². The molecule has 0 aliphatic carbocycles. The zero-order valence-corrected chi connectivity index (χ0v) is 11.0. The van der Waals surface area contributed by atoms with Crippen LogP contribution in [-0.4, -0.2) is 18.8 Å². The van der Waals surface area contributed by atoms with E-state index >= 15 is 0 Å². The zero-order valence-electron chi connectivity index (χ0n) is 11.0. The van der Waals surface area contributed by atoms with Crippen LogP contribution in [0, 0.1) is 13.8 Å². The minimum atomic E-state index is 0.565. The lowest BCUT2D eigenvalue weighted by molar-refractivity contribution is 0.401. The lowest BCUT2D eigenvalue weighted by atomic mass is 10.0. The van der Waals surface area contributed by atoms with Gasteiger partial charge in [0.2, 0.25) is 0 Å². The molecule has 0 bridgehead atoms. The van der Waals surface area contributed by atoms with Gasteiger partial charge < -0.3 is 15.0 Å². The Bertz CT molecular complexity index is 547. The van der Waals surface area contributed by atoms with Crippen molar-refractivity contribution in [3.05, 3.63) is 35.0 Å². The molecule has 2 aromatic rings. The molecule has 0 aliphatic rings. The van der Waals surface area contributed by atoms with Crippen LogP contribution >= 0.6 is 0 Å². The summed E-state index contributed by atoms with van der Waals surface area (Å²) in [5.41, 5.74) is 9.57. The summed E-state index contributed by atoms with van der Waals surface area (Å²) in [5.74, 6) is 1.55. The molecule has 0 saturated heterocycles. The molecule has 2 N–H and O–H groups in total. The van der Waals surface area contributed by atoms with Crippen LogP contribution in [0.4, 0.5) is 0 Å². The lowest BCUT2D eigenvalue weighted by Crippen LogP contribution is -2.02. The van der Waals surface area contributed by atoms with Crippen LogP contribution in [0.15, 0.2) is 22.7 Å². The molecule has 0 amide bonds. The van der Waals surface area contributed by atoms with E-state index in [4.69, 9.17) is 15.0 Å². The van der Waals surface area contributed by atoms with Gasteiger partial charge in [0, 0.05) is 12.5 Å². The van der Waals surface area contributed by atoms with Gasteiger partial charge in [0.25, 0.3) is 0 Å². The predicted molar refractivity (Wildman–Crippen MR) is 70.7 cm³/mol. The van der Waals surface area contributed by atoms with Gasteiger partial charge in [0.15, 0.2) is 5.76 Å². The van der Waals surface area contributed by atoms with Crippen molar-refractivity contribution in [2.75, 3.05) is 13.7 Å². The van der Waals surface area contributed by atoms with Gasteiger partial charge >= 0.3 is 0 Å². The van der Waals surface area contributed by atoms with Crippen molar-refractivity contribution in [2.45, 2.75) is 20.3 Å². The standard InChI is InChI=1S/C14H18N2O2/c1-9-6-10(2)14(17-3)12(7-9)13-8-11(4-5-15)16-18-13/h6-8H,4-5,15H2,1-3H3. The number of rotatable bonds is 4. The largest absolute Gasteiger partial charge is 0.496 e. The first-order valence-corrected chi connectivity index (χ1v) is 5.97. The number of ether oxygens (including phenoxy) is 1. The van der Waals surface area contributed by atoms with E-state index in [2.05, 4.69) is 11.2 Å². The van der Waals surface area contributed by atoms with Gasteiger partial charge in [-0.25, -0.2) is 0 Å². The summed E-state index contributed by atoms with van der Waals surface area (Å²) in [4.78, 5) is 0. The number of nitrogens with zero attached hydrogens (tertiary/aromatic N) is 1. The molecular weight excluding hydrogens is 228 g/mol. The lowest BCUT2D eigenvalue weighted by Gasteiger charge is -2.10. The van der Waals surface area contributed by atoms with Crippen LogP contribution in [0.5, 0.6) is 5.75 Å². The van der Waals surface area contributed by atoms with Crippen molar-refractivity contribution in [1.29, 1.82) is 0 Å². The summed E-state index contributed by atoms with van der Waals surface area (Å²) in [6, 6.07) is 6.04. The maximum Gasteiger partial charge on any atom is 0.170 e. The van der Waals surface area contributed by atoms with Crippen LogP contribution < -0.4 is 10.5 Å². The van der Waals surface area contributed by atoms with Crippen molar-refractivity contribution < 1.29 is 9.26 Å². The van der Waals surface area contributed by atoms with Crippen molar-refractivity contribution in [3.63, 3.8) is 0 Å². The second-order valence-corrected chi connectivity index (χ2v) is 4.38. The molecule has 18 heavy (non-hydrogen) atoms. The molecule has 0 saturated carbocycles. The highest BCUT2D eigenvalue weighted by molar-refractivity contribution is 5.69. The van der Waals surface area contributed by atoms with Gasteiger partial charge in [-0.1, -0.05) is 11.2 Å². The molecule has 1 aromatic carbocycles. The molecule has 0 aliphatic heterocycles. The Morgan fingerprint density at radius 2 is 2.06 bits per heavy atom. The number of benzene rings is 1. The van der Waals surface area contributed by atoms with Gasteiger partial charge in [-0.2, -0.15) is 0 Å². The third-order valence-electron chi connectivity index (χ3n) is 2.85. The summed E-state index contributed by atoms with van der Waals surface area (Å²) in [7, 11) is 1.67. The molecule has 0 atom stereocenters. The first-order chi connectivity index (χ1) is 8.65. The van der Waals surface area contributed by atoms with Crippen LogP contribution in [0.25, 0.3) is 11.3 Å². The summed E-state index contributed by atoms with van der Waals surface area (Å²) >= 11 is 0. The molecule has 0 spiro atoms. The second-order valence-electron chi connectivity index (χ2n) is 4.38. The van der Waals surface area contributed by atoms with Gasteiger partial charge in [0.1, 0.15) is 5.75 Å². The van der Waals surface area contributed by atoms with Gasteiger partial charge in [-0.3, -0.25) is 0 Å². The Kier molecular flexibility index (Phi) is 3.67. The van der Waals surface area contributed by atoms with E-state index in [0.717, 1.165) is 34.8 Å². The van der Waals surface area contributed by atoms with E-state index in [1.165, 1.54) is 5.56 Å². The smallest absolute Gasteiger partial charge is 0.170 e. The average Bonchev–Trinajstić information content (AvgIpc) is 2.77. The van der Waals surface area contributed by atoms with E-state index < -0.39 is 0 Å². The van der Waals surface area contributed by atoms with Crippen molar-refractivity contribution in [1.82, 2.24) is 5.16 Å². The number of aromatic nitrogens is 1. The highest BCUT2D eigenvalue weighted by Crippen LogP contribution is 2.34. The van der Waals surface area contributed by atoms with Gasteiger partial charge in [-0.05, 0) is 37.6 Å². The minimum Gasteiger partial charge on any atom is -0.496 e. The summed E-state index contributed by atoms with van der Waals surface area (Å²) < 4.78 is 10.8. The number of aryl methyl sites for hydroxylation is 2. The molecule has 1 aromatic heterocycles. The fourth-order valence-corrected chi connectivity index (χ4v) is 2.11. The Morgan fingerprint density at radius 3 is 2.72 bits per heavy atom. The highest BCUT2D eigenvalue weighted by atomic mass is 16.5. The third kappa shape index (κ3) is 2.38. The van der Waals surface area contributed by atoms with Crippen molar-refractivity contribution >= 4 is 0 Å². The topological polar surface area (TPSA) is 61.3 Å². The van der Waals surface area contributed by atoms with E-state index in [0.29, 0.717) is 6.54 Å². The molecule has 96 valence electrons. The third-order valence-corrected chi connectivity index (χ3v) is 2.85. The van der Waals surface area contributed by atoms with Crippen LogP contribution in [0.1, 0.15) is 16.8 Å². The van der Waals surface area contributed by atoms with Crippen LogP contribution in [-0.2, 0) is 6.42 Å². The molecule has 2 rings (SSSR count). The first kappa shape index (κ1) is 12.6. The predicted octanol–water partition coefficient (Wildman–Crippen LogP) is 2.47. The quantitative estimate of drug-likeness (QED) is 0.900. The maximum absolute atomic E-state index is 5.51.